The van der Waals surface area contributed by atoms with Crippen LogP contribution in [0.5, 0.6) is 5.75 Å². The van der Waals surface area contributed by atoms with E-state index in [1.807, 2.05) is 18.2 Å². The maximum Gasteiger partial charge on any atom is 0.234 e. The number of isocyanates is 1. The van der Waals surface area contributed by atoms with Crippen molar-refractivity contribution in [2.24, 2.45) is 10.9 Å². The zero-order chi connectivity index (χ0) is 12.8. The zero-order valence-corrected chi connectivity index (χ0v) is 11.0. The molecule has 0 saturated carbocycles. The van der Waals surface area contributed by atoms with Gasteiger partial charge in [-0.05, 0) is 23.6 Å². The van der Waals surface area contributed by atoms with E-state index in [9.17, 15) is 4.79 Å². The van der Waals surface area contributed by atoms with Gasteiger partial charge >= 0.3 is 0 Å². The second-order valence-electron chi connectivity index (χ2n) is 4.18. The van der Waals surface area contributed by atoms with Crippen LogP contribution >= 0.6 is 11.6 Å². The molecule has 0 saturated heterocycles. The molecule has 1 aromatic rings. The van der Waals surface area contributed by atoms with Gasteiger partial charge in [0, 0.05) is 5.92 Å². The molecule has 0 spiro atoms. The Hall–Kier alpha value is -1.31. The Bertz CT molecular complexity index is 425. The van der Waals surface area contributed by atoms with Gasteiger partial charge in [0.25, 0.3) is 0 Å². The van der Waals surface area contributed by atoms with E-state index >= 15 is 0 Å². The highest BCUT2D eigenvalue weighted by molar-refractivity contribution is 6.32. The first-order valence-corrected chi connectivity index (χ1v) is 5.85. The zero-order valence-electron chi connectivity index (χ0n) is 10.2. The first-order valence-electron chi connectivity index (χ1n) is 5.47. The summed E-state index contributed by atoms with van der Waals surface area (Å²) in [7, 11) is 1.58. The van der Waals surface area contributed by atoms with Crippen LogP contribution in [-0.4, -0.2) is 19.7 Å². The molecule has 1 aromatic carbocycles. The number of benzene rings is 1. The summed E-state index contributed by atoms with van der Waals surface area (Å²) in [6.07, 6.45) is 1.58. The Kier molecular flexibility index (Phi) is 5.20. The first kappa shape index (κ1) is 13.8. The van der Waals surface area contributed by atoms with Crippen LogP contribution in [0.3, 0.4) is 0 Å². The van der Waals surface area contributed by atoms with Gasteiger partial charge in [-0.25, -0.2) is 9.79 Å². The summed E-state index contributed by atoms with van der Waals surface area (Å²) >= 11 is 6.08. The molecule has 0 fully saturated rings. The number of ether oxygens (including phenoxy) is 1. The number of carbonyl (C=O) groups excluding carboxylic acids is 1. The van der Waals surface area contributed by atoms with E-state index in [-0.39, 0.29) is 5.92 Å². The normalized spacial score (nSPS) is 12.1. The lowest BCUT2D eigenvalue weighted by Gasteiger charge is -2.19. The van der Waals surface area contributed by atoms with Crippen molar-refractivity contribution in [2.45, 2.75) is 19.8 Å². The summed E-state index contributed by atoms with van der Waals surface area (Å²) in [6, 6.07) is 5.65. The molecule has 1 rings (SSSR count). The summed E-state index contributed by atoms with van der Waals surface area (Å²) in [6.45, 7) is 4.61. The van der Waals surface area contributed by atoms with Crippen molar-refractivity contribution in [3.05, 3.63) is 28.8 Å². The predicted octanol–water partition coefficient (Wildman–Crippen LogP) is 3.42. The molecule has 0 amide bonds. The minimum atomic E-state index is 0.167. The summed E-state index contributed by atoms with van der Waals surface area (Å²) in [5.41, 5.74) is 1.06. The second-order valence-corrected chi connectivity index (χ2v) is 4.58. The third-order valence-corrected chi connectivity index (χ3v) is 3.06. The molecule has 0 aliphatic heterocycles. The average Bonchev–Trinajstić information content (AvgIpc) is 2.29. The molecule has 0 aromatic heterocycles. The molecular weight excluding hydrogens is 238 g/mol. The predicted molar refractivity (Wildman–Crippen MR) is 68.6 cm³/mol. The van der Waals surface area contributed by atoms with Gasteiger partial charge in [0.15, 0.2) is 0 Å². The number of hydrogen-bond donors (Lipinski definition) is 0. The summed E-state index contributed by atoms with van der Waals surface area (Å²) in [4.78, 5) is 13.9. The third-order valence-electron chi connectivity index (χ3n) is 2.76. The second kappa shape index (κ2) is 6.43. The Labute approximate surface area is 106 Å². The molecule has 0 radical (unpaired) electrons. The van der Waals surface area contributed by atoms with E-state index in [4.69, 9.17) is 16.3 Å². The number of aliphatic imine (C=N–C) groups is 1. The quantitative estimate of drug-likeness (QED) is 0.596. The SMILES string of the molecule is COc1ccc(C(CN=C=O)C(C)C)cc1Cl. The lowest BCUT2D eigenvalue weighted by Crippen LogP contribution is -2.10. The molecule has 0 heterocycles. The monoisotopic (exact) mass is 253 g/mol. The molecule has 0 aliphatic carbocycles. The molecule has 17 heavy (non-hydrogen) atoms. The molecule has 4 heteroatoms. The Morgan fingerprint density at radius 3 is 2.65 bits per heavy atom. The molecule has 0 N–H and O–H groups in total. The van der Waals surface area contributed by atoms with Crippen LogP contribution in [0, 0.1) is 5.92 Å². The number of methoxy groups -OCH3 is 1. The smallest absolute Gasteiger partial charge is 0.234 e. The Balaban J connectivity index is 3.02. The van der Waals surface area contributed by atoms with Crippen LogP contribution in [-0.2, 0) is 4.79 Å². The van der Waals surface area contributed by atoms with Crippen molar-refractivity contribution in [1.29, 1.82) is 0 Å². The molecular formula is C13H16ClNO2. The van der Waals surface area contributed by atoms with Crippen molar-refractivity contribution < 1.29 is 9.53 Å². The summed E-state index contributed by atoms with van der Waals surface area (Å²) in [5, 5.41) is 0.575. The van der Waals surface area contributed by atoms with Crippen molar-refractivity contribution in [2.75, 3.05) is 13.7 Å². The van der Waals surface area contributed by atoms with Gasteiger partial charge in [-0.1, -0.05) is 31.5 Å². The van der Waals surface area contributed by atoms with Crippen molar-refractivity contribution >= 4 is 17.7 Å². The van der Waals surface area contributed by atoms with E-state index in [0.29, 0.717) is 23.2 Å². The van der Waals surface area contributed by atoms with E-state index in [1.165, 1.54) is 0 Å². The van der Waals surface area contributed by atoms with Crippen LogP contribution in [0.15, 0.2) is 23.2 Å². The average molecular weight is 254 g/mol. The number of hydrogen-bond acceptors (Lipinski definition) is 3. The van der Waals surface area contributed by atoms with E-state index in [0.717, 1.165) is 5.56 Å². The third kappa shape index (κ3) is 3.58. The van der Waals surface area contributed by atoms with E-state index in [1.54, 1.807) is 13.2 Å². The maximum atomic E-state index is 10.2. The molecule has 1 unspecified atom stereocenters. The fourth-order valence-corrected chi connectivity index (χ4v) is 2.02. The van der Waals surface area contributed by atoms with Crippen LogP contribution < -0.4 is 4.74 Å². The maximum absolute atomic E-state index is 10.2. The van der Waals surface area contributed by atoms with E-state index < -0.39 is 0 Å². The van der Waals surface area contributed by atoms with Gasteiger partial charge in [0.05, 0.1) is 18.7 Å². The highest BCUT2D eigenvalue weighted by Crippen LogP contribution is 2.31. The molecule has 0 bridgehead atoms. The lowest BCUT2D eigenvalue weighted by atomic mass is 9.88. The molecule has 1 atom stereocenters. The summed E-state index contributed by atoms with van der Waals surface area (Å²) < 4.78 is 5.10. The van der Waals surface area contributed by atoms with Gasteiger partial charge in [-0.3, -0.25) is 0 Å². The van der Waals surface area contributed by atoms with Crippen molar-refractivity contribution in [3.8, 4) is 5.75 Å². The highest BCUT2D eigenvalue weighted by Gasteiger charge is 2.16. The van der Waals surface area contributed by atoms with Crippen LogP contribution in [0.25, 0.3) is 0 Å². The van der Waals surface area contributed by atoms with E-state index in [2.05, 4.69) is 18.8 Å². The fraction of sp³-hybridized carbons (Fsp3) is 0.462. The van der Waals surface area contributed by atoms with Crippen molar-refractivity contribution in [3.63, 3.8) is 0 Å². The van der Waals surface area contributed by atoms with Gasteiger partial charge in [0.2, 0.25) is 6.08 Å². The number of nitrogens with zero attached hydrogens (tertiary/aromatic N) is 1. The lowest BCUT2D eigenvalue weighted by molar-refractivity contribution is 0.414. The first-order chi connectivity index (χ1) is 8.10. The minimum absolute atomic E-state index is 0.167. The van der Waals surface area contributed by atoms with Crippen LogP contribution in [0.4, 0.5) is 0 Å². The van der Waals surface area contributed by atoms with Crippen LogP contribution in [0.1, 0.15) is 25.3 Å². The Morgan fingerprint density at radius 1 is 1.47 bits per heavy atom. The van der Waals surface area contributed by atoms with Gasteiger partial charge in [-0.15, -0.1) is 0 Å². The largest absolute Gasteiger partial charge is 0.495 e. The van der Waals surface area contributed by atoms with Crippen LogP contribution in [0.2, 0.25) is 5.02 Å². The van der Waals surface area contributed by atoms with Crippen molar-refractivity contribution in [1.82, 2.24) is 0 Å². The van der Waals surface area contributed by atoms with Gasteiger partial charge in [-0.2, -0.15) is 0 Å². The number of halogens is 1. The molecule has 3 nitrogen and oxygen atoms in total. The number of rotatable bonds is 5. The molecule has 92 valence electrons. The minimum Gasteiger partial charge on any atom is -0.495 e. The standard InChI is InChI=1S/C13H16ClNO2/c1-9(2)11(7-15-8-16)10-4-5-13(17-3)12(14)6-10/h4-6,9,11H,7H2,1-3H3. The molecule has 0 aliphatic rings. The van der Waals surface area contributed by atoms with Gasteiger partial charge < -0.3 is 4.74 Å². The summed E-state index contributed by atoms with van der Waals surface area (Å²) in [5.74, 6) is 1.19. The fourth-order valence-electron chi connectivity index (χ4n) is 1.75. The van der Waals surface area contributed by atoms with Gasteiger partial charge in [0.1, 0.15) is 5.75 Å². The highest BCUT2D eigenvalue weighted by atomic mass is 35.5. The topological polar surface area (TPSA) is 38.7 Å². The Morgan fingerprint density at radius 2 is 2.18 bits per heavy atom.